The van der Waals surface area contributed by atoms with Crippen molar-refractivity contribution in [1.82, 2.24) is 0 Å². The van der Waals surface area contributed by atoms with Crippen molar-refractivity contribution >= 4 is 11.6 Å². The molecule has 0 saturated carbocycles. The molecule has 0 spiro atoms. The number of carbonyl (C=O) groups is 1. The minimum atomic E-state index is -4.42. The topological polar surface area (TPSA) is 29.1 Å². The Morgan fingerprint density at radius 3 is 2.41 bits per heavy atom. The Morgan fingerprint density at radius 1 is 1.14 bits per heavy atom. The second-order valence-electron chi connectivity index (χ2n) is 5.65. The molecule has 1 aliphatic carbocycles. The summed E-state index contributed by atoms with van der Waals surface area (Å²) >= 11 is 0. The van der Waals surface area contributed by atoms with Crippen LogP contribution in [0.3, 0.4) is 0 Å². The summed E-state index contributed by atoms with van der Waals surface area (Å²) < 4.78 is 38.1. The lowest BCUT2D eigenvalue weighted by Gasteiger charge is -2.24. The smallest absolute Gasteiger partial charge is 0.326 e. The number of amides is 1. The maximum absolute atomic E-state index is 12.7. The number of hydrogen-bond acceptors (Lipinski definition) is 1. The first-order valence-electron chi connectivity index (χ1n) is 7.04. The van der Waals surface area contributed by atoms with Crippen LogP contribution in [0.1, 0.15) is 26.3 Å². The highest BCUT2D eigenvalue weighted by molar-refractivity contribution is 5.94. The molecule has 1 aromatic carbocycles. The molecule has 1 aromatic rings. The molecule has 5 heteroatoms. The third-order valence-electron chi connectivity index (χ3n) is 3.89. The Hall–Kier alpha value is -2.04. The molecule has 1 N–H and O–H groups in total. The molecule has 0 heterocycles. The second kappa shape index (κ2) is 5.99. The lowest BCUT2D eigenvalue weighted by molar-refractivity contribution is -0.137. The van der Waals surface area contributed by atoms with E-state index in [4.69, 9.17) is 0 Å². The van der Waals surface area contributed by atoms with Gasteiger partial charge in [-0.1, -0.05) is 36.3 Å². The molecular weight excluding hydrogens is 291 g/mol. The van der Waals surface area contributed by atoms with Crippen molar-refractivity contribution in [2.24, 2.45) is 11.8 Å². The van der Waals surface area contributed by atoms with Crippen molar-refractivity contribution < 1.29 is 18.0 Å². The minimum absolute atomic E-state index is 0.00880. The predicted octanol–water partition coefficient (Wildman–Crippen LogP) is 4.80. The maximum atomic E-state index is 12.7. The molecule has 22 heavy (non-hydrogen) atoms. The Kier molecular flexibility index (Phi) is 4.44. The number of nitrogens with one attached hydrogen (secondary N) is 1. The fourth-order valence-corrected chi connectivity index (χ4v) is 2.50. The third kappa shape index (κ3) is 3.59. The molecule has 1 aliphatic rings. The summed E-state index contributed by atoms with van der Waals surface area (Å²) in [6.07, 6.45) is -0.552. The van der Waals surface area contributed by atoms with Crippen molar-refractivity contribution in [3.05, 3.63) is 53.1 Å². The van der Waals surface area contributed by atoms with Gasteiger partial charge in [0.05, 0.1) is 11.5 Å². The summed E-state index contributed by atoms with van der Waals surface area (Å²) in [6, 6.07) is 4.67. The van der Waals surface area contributed by atoms with Crippen molar-refractivity contribution in [3.8, 4) is 0 Å². The van der Waals surface area contributed by atoms with Gasteiger partial charge in [0.25, 0.3) is 0 Å². The zero-order chi connectivity index (χ0) is 16.5. The van der Waals surface area contributed by atoms with Gasteiger partial charge >= 0.3 is 6.18 Å². The van der Waals surface area contributed by atoms with Crippen LogP contribution in [0.4, 0.5) is 18.9 Å². The molecular formula is C17H18F3NO. The van der Waals surface area contributed by atoms with Crippen molar-refractivity contribution in [2.75, 3.05) is 5.32 Å². The minimum Gasteiger partial charge on any atom is -0.326 e. The van der Waals surface area contributed by atoms with Crippen molar-refractivity contribution in [3.63, 3.8) is 0 Å². The zero-order valence-electron chi connectivity index (χ0n) is 12.7. The quantitative estimate of drug-likeness (QED) is 0.835. The Labute approximate surface area is 127 Å². The average molecular weight is 309 g/mol. The van der Waals surface area contributed by atoms with Gasteiger partial charge in [-0.2, -0.15) is 13.2 Å². The second-order valence-corrected chi connectivity index (χ2v) is 5.65. The molecule has 0 radical (unpaired) electrons. The molecule has 2 unspecified atom stereocenters. The lowest BCUT2D eigenvalue weighted by Crippen LogP contribution is -2.28. The SMILES string of the molecule is CC1=CC(C)C(C(=O)Nc2cccc(C(F)(F)F)c2)C=C1C. The predicted molar refractivity (Wildman–Crippen MR) is 80.2 cm³/mol. The molecule has 1 amide bonds. The summed E-state index contributed by atoms with van der Waals surface area (Å²) in [7, 11) is 0. The van der Waals surface area contributed by atoms with E-state index < -0.39 is 11.7 Å². The van der Waals surface area contributed by atoms with Gasteiger partial charge < -0.3 is 5.32 Å². The first-order valence-corrected chi connectivity index (χ1v) is 7.04. The first-order chi connectivity index (χ1) is 10.2. The van der Waals surface area contributed by atoms with Crippen LogP contribution < -0.4 is 5.32 Å². The van der Waals surface area contributed by atoms with Crippen LogP contribution in [0.2, 0.25) is 0 Å². The van der Waals surface area contributed by atoms with E-state index in [1.54, 1.807) is 0 Å². The summed E-state index contributed by atoms with van der Waals surface area (Å²) in [4.78, 5) is 12.3. The molecule has 0 aliphatic heterocycles. The number of anilines is 1. The third-order valence-corrected chi connectivity index (χ3v) is 3.89. The van der Waals surface area contributed by atoms with Gasteiger partial charge in [0.15, 0.2) is 0 Å². The van der Waals surface area contributed by atoms with E-state index in [-0.39, 0.29) is 23.4 Å². The number of halogens is 3. The fourth-order valence-electron chi connectivity index (χ4n) is 2.50. The highest BCUT2D eigenvalue weighted by Gasteiger charge is 2.31. The normalized spacial score (nSPS) is 21.9. The highest BCUT2D eigenvalue weighted by atomic mass is 19.4. The van der Waals surface area contributed by atoms with E-state index in [0.717, 1.165) is 23.3 Å². The van der Waals surface area contributed by atoms with E-state index in [0.29, 0.717) is 0 Å². The van der Waals surface area contributed by atoms with Gasteiger partial charge in [-0.15, -0.1) is 0 Å². The van der Waals surface area contributed by atoms with E-state index in [2.05, 4.69) is 5.32 Å². The average Bonchev–Trinajstić information content (AvgIpc) is 2.42. The van der Waals surface area contributed by atoms with Crippen LogP contribution in [0.25, 0.3) is 0 Å². The van der Waals surface area contributed by atoms with E-state index in [9.17, 15) is 18.0 Å². The number of alkyl halides is 3. The van der Waals surface area contributed by atoms with Gasteiger partial charge in [-0.05, 0) is 38.0 Å². The van der Waals surface area contributed by atoms with E-state index in [1.165, 1.54) is 12.1 Å². The van der Waals surface area contributed by atoms with Crippen molar-refractivity contribution in [1.29, 1.82) is 0 Å². The van der Waals surface area contributed by atoms with Gasteiger partial charge in [-0.3, -0.25) is 4.79 Å². The first kappa shape index (κ1) is 16.3. The summed E-state index contributed by atoms with van der Waals surface area (Å²) in [5.41, 5.74) is 1.52. The van der Waals surface area contributed by atoms with Crippen LogP contribution in [0, 0.1) is 11.8 Å². The fraction of sp³-hybridized carbons (Fsp3) is 0.353. The number of hydrogen-bond donors (Lipinski definition) is 1. The standard InChI is InChI=1S/C17H18F3NO/c1-10-7-12(3)15(8-11(10)2)16(22)21-14-6-4-5-13(9-14)17(18,19)20/h4-9,12,15H,1-3H3,(H,21,22). The van der Waals surface area contributed by atoms with Crippen LogP contribution in [0.5, 0.6) is 0 Å². The monoisotopic (exact) mass is 309 g/mol. The summed E-state index contributed by atoms with van der Waals surface area (Å²) in [6.45, 7) is 5.81. The number of allylic oxidation sites excluding steroid dienone is 3. The summed E-state index contributed by atoms with van der Waals surface area (Å²) in [5, 5.41) is 2.58. The highest BCUT2D eigenvalue weighted by Crippen LogP contribution is 2.32. The molecule has 2 rings (SSSR count). The molecule has 2 nitrogen and oxygen atoms in total. The van der Waals surface area contributed by atoms with Gasteiger partial charge in [0, 0.05) is 5.69 Å². The number of carbonyl (C=O) groups excluding carboxylic acids is 1. The largest absolute Gasteiger partial charge is 0.416 e. The van der Waals surface area contributed by atoms with Crippen LogP contribution in [0.15, 0.2) is 47.6 Å². The number of benzene rings is 1. The van der Waals surface area contributed by atoms with E-state index in [1.807, 2.05) is 32.9 Å². The molecule has 0 saturated heterocycles. The van der Waals surface area contributed by atoms with Crippen LogP contribution >= 0.6 is 0 Å². The molecule has 118 valence electrons. The van der Waals surface area contributed by atoms with Crippen LogP contribution in [-0.4, -0.2) is 5.91 Å². The number of rotatable bonds is 2. The summed E-state index contributed by atoms with van der Waals surface area (Å²) in [5.74, 6) is -0.664. The van der Waals surface area contributed by atoms with Crippen molar-refractivity contribution in [2.45, 2.75) is 26.9 Å². The Balaban J connectivity index is 2.17. The molecule has 0 fully saturated rings. The Bertz CT molecular complexity index is 644. The molecule has 0 bridgehead atoms. The van der Waals surface area contributed by atoms with Gasteiger partial charge in [0.1, 0.15) is 0 Å². The lowest BCUT2D eigenvalue weighted by atomic mass is 9.83. The molecule has 0 aromatic heterocycles. The van der Waals surface area contributed by atoms with Gasteiger partial charge in [-0.25, -0.2) is 0 Å². The van der Waals surface area contributed by atoms with Crippen LogP contribution in [-0.2, 0) is 11.0 Å². The van der Waals surface area contributed by atoms with E-state index >= 15 is 0 Å². The zero-order valence-corrected chi connectivity index (χ0v) is 12.7. The molecule has 2 atom stereocenters. The Morgan fingerprint density at radius 2 is 1.77 bits per heavy atom. The maximum Gasteiger partial charge on any atom is 0.416 e. The van der Waals surface area contributed by atoms with Gasteiger partial charge in [0.2, 0.25) is 5.91 Å².